The Bertz CT molecular complexity index is 990. The summed E-state index contributed by atoms with van der Waals surface area (Å²) in [6.45, 7) is 6.58. The number of nitrogens with zero attached hydrogens (tertiary/aromatic N) is 5. The van der Waals surface area contributed by atoms with Gasteiger partial charge in [0, 0.05) is 31.9 Å². The second-order valence-corrected chi connectivity index (χ2v) is 7.10. The van der Waals surface area contributed by atoms with Gasteiger partial charge in [-0.25, -0.2) is 9.07 Å². The summed E-state index contributed by atoms with van der Waals surface area (Å²) >= 11 is 0. The average Bonchev–Trinajstić information content (AvgIpc) is 3.20. The maximum Gasteiger partial charge on any atom is 0.276 e. The summed E-state index contributed by atoms with van der Waals surface area (Å²) in [6.07, 6.45) is 1.60. The topological polar surface area (TPSA) is 54.3 Å². The predicted octanol–water partition coefficient (Wildman–Crippen LogP) is 2.99. The number of anilines is 1. The van der Waals surface area contributed by atoms with Crippen molar-refractivity contribution in [3.05, 3.63) is 71.3 Å². The van der Waals surface area contributed by atoms with Gasteiger partial charge in [0.1, 0.15) is 5.82 Å². The van der Waals surface area contributed by atoms with E-state index in [1.165, 1.54) is 22.0 Å². The van der Waals surface area contributed by atoms with Crippen molar-refractivity contribution in [1.29, 1.82) is 0 Å². The molecule has 0 aliphatic carbocycles. The van der Waals surface area contributed by atoms with Crippen molar-refractivity contribution < 1.29 is 9.18 Å². The highest BCUT2D eigenvalue weighted by molar-refractivity contribution is 5.92. The number of hydrogen-bond acceptors (Lipinski definition) is 4. The van der Waals surface area contributed by atoms with Gasteiger partial charge in [0.2, 0.25) is 0 Å². The van der Waals surface area contributed by atoms with Crippen LogP contribution in [-0.4, -0.2) is 52.0 Å². The van der Waals surface area contributed by atoms with Gasteiger partial charge in [0.25, 0.3) is 5.91 Å². The molecule has 4 rings (SSSR count). The molecule has 1 aromatic heterocycles. The Hall–Kier alpha value is -3.22. The summed E-state index contributed by atoms with van der Waals surface area (Å²) < 4.78 is 15.0. The zero-order chi connectivity index (χ0) is 19.7. The third-order valence-electron chi connectivity index (χ3n) is 5.08. The van der Waals surface area contributed by atoms with Gasteiger partial charge in [-0.2, -0.15) is 0 Å². The van der Waals surface area contributed by atoms with Crippen LogP contribution in [0.5, 0.6) is 0 Å². The number of amides is 1. The molecular weight excluding hydrogens is 357 g/mol. The number of aryl methyl sites for hydroxylation is 2. The van der Waals surface area contributed by atoms with E-state index in [-0.39, 0.29) is 11.7 Å². The Morgan fingerprint density at radius 1 is 0.964 bits per heavy atom. The van der Waals surface area contributed by atoms with Crippen LogP contribution >= 0.6 is 0 Å². The Labute approximate surface area is 163 Å². The number of aromatic nitrogens is 3. The highest BCUT2D eigenvalue weighted by Gasteiger charge is 2.24. The minimum atomic E-state index is -0.272. The molecule has 1 saturated heterocycles. The molecule has 7 heteroatoms. The smallest absolute Gasteiger partial charge is 0.276 e. The molecule has 0 radical (unpaired) electrons. The van der Waals surface area contributed by atoms with Gasteiger partial charge >= 0.3 is 0 Å². The minimum Gasteiger partial charge on any atom is -0.368 e. The Morgan fingerprint density at radius 2 is 1.64 bits per heavy atom. The molecule has 0 spiro atoms. The van der Waals surface area contributed by atoms with E-state index >= 15 is 0 Å². The molecular formula is C21H22FN5O. The number of carbonyl (C=O) groups is 1. The highest BCUT2D eigenvalue weighted by Crippen LogP contribution is 2.18. The fraction of sp³-hybridized carbons (Fsp3) is 0.286. The summed E-state index contributed by atoms with van der Waals surface area (Å²) in [5.74, 6) is -0.403. The van der Waals surface area contributed by atoms with E-state index in [0.29, 0.717) is 30.0 Å². The van der Waals surface area contributed by atoms with Crippen LogP contribution < -0.4 is 4.90 Å². The van der Waals surface area contributed by atoms with Crippen molar-refractivity contribution in [2.24, 2.45) is 0 Å². The molecule has 144 valence electrons. The predicted molar refractivity (Wildman–Crippen MR) is 105 cm³/mol. The van der Waals surface area contributed by atoms with Crippen LogP contribution in [0.1, 0.15) is 21.6 Å². The zero-order valence-corrected chi connectivity index (χ0v) is 16.0. The third-order valence-corrected chi connectivity index (χ3v) is 5.08. The summed E-state index contributed by atoms with van der Waals surface area (Å²) in [5, 5.41) is 8.05. The molecule has 2 heterocycles. The first kappa shape index (κ1) is 18.2. The normalized spacial score (nSPS) is 14.4. The van der Waals surface area contributed by atoms with Crippen LogP contribution in [0.4, 0.5) is 10.1 Å². The van der Waals surface area contributed by atoms with Gasteiger partial charge in [-0.1, -0.05) is 22.9 Å². The second kappa shape index (κ2) is 7.42. The number of halogens is 1. The van der Waals surface area contributed by atoms with Crippen LogP contribution in [0.25, 0.3) is 5.69 Å². The van der Waals surface area contributed by atoms with Crippen molar-refractivity contribution in [1.82, 2.24) is 19.9 Å². The van der Waals surface area contributed by atoms with E-state index in [1.54, 1.807) is 30.2 Å². The maximum absolute atomic E-state index is 13.5. The van der Waals surface area contributed by atoms with Gasteiger partial charge in [-0.15, -0.1) is 5.10 Å². The SMILES string of the molecule is Cc1ccc(N2CCN(C(=O)c3cn(-c4ccc(F)c(C)c4)nn3)CC2)cc1. The first-order chi connectivity index (χ1) is 13.5. The monoisotopic (exact) mass is 379 g/mol. The Kier molecular flexibility index (Phi) is 4.81. The average molecular weight is 379 g/mol. The van der Waals surface area contributed by atoms with Crippen LogP contribution in [0.3, 0.4) is 0 Å². The molecule has 2 aromatic carbocycles. The lowest BCUT2D eigenvalue weighted by Gasteiger charge is -2.35. The van der Waals surface area contributed by atoms with Crippen LogP contribution in [-0.2, 0) is 0 Å². The standard InChI is InChI=1S/C21H22FN5O/c1-15-3-5-17(6-4-15)25-9-11-26(12-10-25)21(28)20-14-27(24-23-20)18-7-8-19(22)16(2)13-18/h3-8,13-14H,9-12H2,1-2H3. The third kappa shape index (κ3) is 3.60. The van der Waals surface area contributed by atoms with E-state index < -0.39 is 0 Å². The number of piperazine rings is 1. The highest BCUT2D eigenvalue weighted by atomic mass is 19.1. The van der Waals surface area contributed by atoms with Crippen LogP contribution in [0, 0.1) is 19.7 Å². The molecule has 0 atom stereocenters. The van der Waals surface area contributed by atoms with Crippen LogP contribution in [0.2, 0.25) is 0 Å². The van der Waals surface area contributed by atoms with Gasteiger partial charge in [-0.05, 0) is 49.7 Å². The molecule has 1 fully saturated rings. The molecule has 0 unspecified atom stereocenters. The molecule has 1 amide bonds. The Morgan fingerprint density at radius 3 is 2.32 bits per heavy atom. The van der Waals surface area contributed by atoms with Crippen molar-refractivity contribution in [2.75, 3.05) is 31.1 Å². The summed E-state index contributed by atoms with van der Waals surface area (Å²) in [5.41, 5.74) is 3.90. The van der Waals surface area contributed by atoms with Crippen molar-refractivity contribution in [2.45, 2.75) is 13.8 Å². The van der Waals surface area contributed by atoms with Crippen LogP contribution in [0.15, 0.2) is 48.7 Å². The number of hydrogen-bond donors (Lipinski definition) is 0. The first-order valence-electron chi connectivity index (χ1n) is 9.31. The lowest BCUT2D eigenvalue weighted by molar-refractivity contribution is 0.0741. The molecule has 1 aliphatic rings. The molecule has 1 aliphatic heterocycles. The summed E-state index contributed by atoms with van der Waals surface area (Å²) in [6, 6.07) is 13.1. The van der Waals surface area contributed by atoms with E-state index in [2.05, 4.69) is 46.4 Å². The first-order valence-corrected chi connectivity index (χ1v) is 9.31. The lowest BCUT2D eigenvalue weighted by Crippen LogP contribution is -2.48. The van der Waals surface area contributed by atoms with E-state index in [0.717, 1.165) is 13.1 Å². The molecule has 28 heavy (non-hydrogen) atoms. The van der Waals surface area contributed by atoms with E-state index in [1.807, 2.05) is 0 Å². The summed E-state index contributed by atoms with van der Waals surface area (Å²) in [4.78, 5) is 16.9. The van der Waals surface area contributed by atoms with Crippen molar-refractivity contribution >= 4 is 11.6 Å². The minimum absolute atomic E-state index is 0.131. The van der Waals surface area contributed by atoms with Gasteiger partial charge < -0.3 is 9.80 Å². The molecule has 6 nitrogen and oxygen atoms in total. The second-order valence-electron chi connectivity index (χ2n) is 7.10. The number of rotatable bonds is 3. The number of benzene rings is 2. The Balaban J connectivity index is 1.42. The lowest BCUT2D eigenvalue weighted by atomic mass is 10.2. The van der Waals surface area contributed by atoms with Gasteiger partial charge in [0.05, 0.1) is 11.9 Å². The molecule has 0 saturated carbocycles. The largest absolute Gasteiger partial charge is 0.368 e. The fourth-order valence-electron chi connectivity index (χ4n) is 3.34. The summed E-state index contributed by atoms with van der Waals surface area (Å²) in [7, 11) is 0. The maximum atomic E-state index is 13.5. The molecule has 0 N–H and O–H groups in total. The van der Waals surface area contributed by atoms with Gasteiger partial charge in [0.15, 0.2) is 5.69 Å². The van der Waals surface area contributed by atoms with Crippen molar-refractivity contribution in [3.63, 3.8) is 0 Å². The number of carbonyl (C=O) groups excluding carboxylic acids is 1. The molecule has 3 aromatic rings. The van der Waals surface area contributed by atoms with Gasteiger partial charge in [-0.3, -0.25) is 4.79 Å². The molecule has 0 bridgehead atoms. The van der Waals surface area contributed by atoms with E-state index in [9.17, 15) is 9.18 Å². The van der Waals surface area contributed by atoms with E-state index in [4.69, 9.17) is 0 Å². The fourth-order valence-corrected chi connectivity index (χ4v) is 3.34. The van der Waals surface area contributed by atoms with Crippen molar-refractivity contribution in [3.8, 4) is 5.69 Å². The zero-order valence-electron chi connectivity index (χ0n) is 16.0. The quantitative estimate of drug-likeness (QED) is 0.702.